The Balaban J connectivity index is 0.000000437. The number of anilines is 1. The highest BCUT2D eigenvalue weighted by Gasteiger charge is 2.01. The number of fused-ring (bicyclic) bond motifs is 1. The second-order valence-corrected chi connectivity index (χ2v) is 4.26. The summed E-state index contributed by atoms with van der Waals surface area (Å²) in [6, 6.07) is 10.2. The van der Waals surface area contributed by atoms with E-state index >= 15 is 0 Å². The lowest BCUT2D eigenvalue weighted by molar-refractivity contribution is 1.05. The lowest BCUT2D eigenvalue weighted by atomic mass is 10.0. The lowest BCUT2D eigenvalue weighted by Crippen LogP contribution is -1.99. The summed E-state index contributed by atoms with van der Waals surface area (Å²) in [5.41, 5.74) is 14.8. The molecule has 0 aliphatic carbocycles. The molecule has 0 heterocycles. The van der Waals surface area contributed by atoms with Crippen LogP contribution in [0.15, 0.2) is 30.3 Å². The molecule has 0 spiro atoms. The third-order valence-electron chi connectivity index (χ3n) is 2.59. The van der Waals surface area contributed by atoms with E-state index in [0.717, 1.165) is 16.5 Å². The molecule has 0 atom stereocenters. The van der Waals surface area contributed by atoms with Crippen molar-refractivity contribution in [3.8, 4) is 0 Å². The molecule has 2 nitrogen and oxygen atoms in total. The molecule has 17 heavy (non-hydrogen) atoms. The Hall–Kier alpha value is -1.54. The Morgan fingerprint density at radius 3 is 2.35 bits per heavy atom. The van der Waals surface area contributed by atoms with Gasteiger partial charge in [-0.2, -0.15) is 0 Å². The van der Waals surface area contributed by atoms with E-state index in [9.17, 15) is 0 Å². The van der Waals surface area contributed by atoms with Crippen LogP contribution >= 0.6 is 0 Å². The fraction of sp³-hybridized carbons (Fsp3) is 0.333. The highest BCUT2D eigenvalue weighted by molar-refractivity contribution is 5.93. The number of rotatable bonds is 1. The Morgan fingerprint density at radius 1 is 1.12 bits per heavy atom. The summed E-state index contributed by atoms with van der Waals surface area (Å²) >= 11 is 0. The van der Waals surface area contributed by atoms with Crippen LogP contribution in [0.25, 0.3) is 10.8 Å². The van der Waals surface area contributed by atoms with Crippen molar-refractivity contribution in [3.05, 3.63) is 41.5 Å². The molecule has 2 heteroatoms. The van der Waals surface area contributed by atoms with E-state index in [1.165, 1.54) is 17.5 Å². The van der Waals surface area contributed by atoms with Crippen LogP contribution in [-0.4, -0.2) is 0 Å². The zero-order chi connectivity index (χ0) is 12.8. The van der Waals surface area contributed by atoms with Crippen LogP contribution in [0.3, 0.4) is 0 Å². The van der Waals surface area contributed by atoms with Gasteiger partial charge in [-0.05, 0) is 41.6 Å². The van der Waals surface area contributed by atoms with Gasteiger partial charge < -0.3 is 11.5 Å². The first-order chi connectivity index (χ1) is 8.13. The van der Waals surface area contributed by atoms with E-state index in [-0.39, 0.29) is 0 Å². The molecule has 0 saturated carbocycles. The van der Waals surface area contributed by atoms with Gasteiger partial charge in [0.05, 0.1) is 0 Å². The Kier molecular flexibility index (Phi) is 4.98. The van der Waals surface area contributed by atoms with Gasteiger partial charge in [-0.15, -0.1) is 0 Å². The number of hydrogen-bond donors (Lipinski definition) is 2. The third kappa shape index (κ3) is 3.21. The van der Waals surface area contributed by atoms with Crippen molar-refractivity contribution in [2.24, 2.45) is 5.73 Å². The van der Waals surface area contributed by atoms with Crippen LogP contribution in [0, 0.1) is 6.92 Å². The molecule has 0 unspecified atom stereocenters. The lowest BCUT2D eigenvalue weighted by Gasteiger charge is -2.07. The first-order valence-corrected chi connectivity index (χ1v) is 6.11. The van der Waals surface area contributed by atoms with E-state index in [4.69, 9.17) is 11.5 Å². The van der Waals surface area contributed by atoms with E-state index < -0.39 is 0 Å². The smallest absolute Gasteiger partial charge is 0.0393 e. The molecule has 0 fully saturated rings. The number of nitrogens with two attached hydrogens (primary N) is 2. The van der Waals surface area contributed by atoms with Crippen LogP contribution in [0.1, 0.15) is 31.4 Å². The van der Waals surface area contributed by atoms with Crippen LogP contribution in [0.4, 0.5) is 5.69 Å². The summed E-state index contributed by atoms with van der Waals surface area (Å²) in [6.45, 7) is 6.89. The highest BCUT2D eigenvalue weighted by Crippen LogP contribution is 2.24. The summed E-state index contributed by atoms with van der Waals surface area (Å²) in [5.74, 6) is 0. The maximum absolute atomic E-state index is 5.89. The minimum Gasteiger partial charge on any atom is -0.398 e. The van der Waals surface area contributed by atoms with Gasteiger partial charge in [-0.1, -0.05) is 32.4 Å². The molecular weight excluding hydrogens is 208 g/mol. The molecular formula is C15H22N2. The average Bonchev–Trinajstić information content (AvgIpc) is 2.31. The molecule has 2 aromatic rings. The largest absolute Gasteiger partial charge is 0.398 e. The van der Waals surface area contributed by atoms with Gasteiger partial charge in [0.15, 0.2) is 0 Å². The number of aryl methyl sites for hydroxylation is 1. The standard InChI is InChI=1S/C12H14N2.C3H8/c1-8-5-11-9(6-10(8)7-13)3-2-4-12(11)14;1-3-2/h2-6H,7,13-14H2,1H3;3H2,1-2H3. The van der Waals surface area contributed by atoms with Crippen molar-refractivity contribution in [1.29, 1.82) is 0 Å². The fourth-order valence-corrected chi connectivity index (χ4v) is 1.72. The number of hydrogen-bond acceptors (Lipinski definition) is 2. The topological polar surface area (TPSA) is 52.0 Å². The molecule has 0 radical (unpaired) electrons. The van der Waals surface area contributed by atoms with Crippen molar-refractivity contribution in [3.63, 3.8) is 0 Å². The summed E-state index contributed by atoms with van der Waals surface area (Å²) in [5, 5.41) is 2.28. The molecule has 0 saturated heterocycles. The van der Waals surface area contributed by atoms with Crippen LogP contribution in [0.5, 0.6) is 0 Å². The molecule has 0 aliphatic rings. The molecule has 4 N–H and O–H groups in total. The minimum absolute atomic E-state index is 0.580. The zero-order valence-corrected chi connectivity index (χ0v) is 11.0. The highest BCUT2D eigenvalue weighted by atomic mass is 14.6. The van der Waals surface area contributed by atoms with Crippen LogP contribution in [-0.2, 0) is 6.54 Å². The van der Waals surface area contributed by atoms with Gasteiger partial charge in [-0.25, -0.2) is 0 Å². The van der Waals surface area contributed by atoms with Gasteiger partial charge in [-0.3, -0.25) is 0 Å². The molecule has 0 aliphatic heterocycles. The second kappa shape index (κ2) is 6.26. The Labute approximate surface area is 104 Å². The van der Waals surface area contributed by atoms with E-state index in [2.05, 4.69) is 39.0 Å². The quantitative estimate of drug-likeness (QED) is 0.735. The predicted octanol–water partition coefficient (Wildman–Crippen LogP) is 3.61. The summed E-state index contributed by atoms with van der Waals surface area (Å²) in [6.07, 6.45) is 1.25. The molecule has 2 rings (SSSR count). The normalized spacial score (nSPS) is 9.88. The predicted molar refractivity (Wildman–Crippen MR) is 77.0 cm³/mol. The number of nitrogen functional groups attached to an aromatic ring is 1. The van der Waals surface area contributed by atoms with Crippen molar-refractivity contribution in [2.75, 3.05) is 5.73 Å². The molecule has 0 bridgehead atoms. The SMILES string of the molecule is CCC.Cc1cc2c(N)cccc2cc1CN. The first-order valence-electron chi connectivity index (χ1n) is 6.11. The van der Waals surface area contributed by atoms with Crippen LogP contribution in [0.2, 0.25) is 0 Å². The zero-order valence-electron chi connectivity index (χ0n) is 11.0. The third-order valence-corrected chi connectivity index (χ3v) is 2.59. The summed E-state index contributed by atoms with van der Waals surface area (Å²) in [7, 11) is 0. The van der Waals surface area contributed by atoms with E-state index in [0.29, 0.717) is 6.54 Å². The van der Waals surface area contributed by atoms with Gasteiger partial charge in [0.1, 0.15) is 0 Å². The van der Waals surface area contributed by atoms with Crippen molar-refractivity contribution in [2.45, 2.75) is 33.7 Å². The average molecular weight is 230 g/mol. The maximum atomic E-state index is 5.89. The van der Waals surface area contributed by atoms with Crippen molar-refractivity contribution in [1.82, 2.24) is 0 Å². The first kappa shape index (κ1) is 13.5. The molecule has 0 amide bonds. The fourth-order valence-electron chi connectivity index (χ4n) is 1.72. The summed E-state index contributed by atoms with van der Waals surface area (Å²) < 4.78 is 0. The minimum atomic E-state index is 0.580. The maximum Gasteiger partial charge on any atom is 0.0393 e. The molecule has 0 aromatic heterocycles. The second-order valence-electron chi connectivity index (χ2n) is 4.26. The van der Waals surface area contributed by atoms with Gasteiger partial charge in [0, 0.05) is 17.6 Å². The van der Waals surface area contributed by atoms with Crippen molar-refractivity contribution >= 4 is 16.5 Å². The monoisotopic (exact) mass is 230 g/mol. The van der Waals surface area contributed by atoms with Gasteiger partial charge >= 0.3 is 0 Å². The van der Waals surface area contributed by atoms with E-state index in [1.807, 2.05) is 12.1 Å². The number of benzene rings is 2. The van der Waals surface area contributed by atoms with E-state index in [1.54, 1.807) is 0 Å². The van der Waals surface area contributed by atoms with Crippen molar-refractivity contribution < 1.29 is 0 Å². The Morgan fingerprint density at radius 2 is 1.76 bits per heavy atom. The molecule has 2 aromatic carbocycles. The van der Waals surface area contributed by atoms with Gasteiger partial charge in [0.2, 0.25) is 0 Å². The molecule has 92 valence electrons. The Bertz CT molecular complexity index is 489. The van der Waals surface area contributed by atoms with Crippen LogP contribution < -0.4 is 11.5 Å². The summed E-state index contributed by atoms with van der Waals surface area (Å²) in [4.78, 5) is 0. The van der Waals surface area contributed by atoms with Gasteiger partial charge in [0.25, 0.3) is 0 Å².